The number of fused-ring (bicyclic) bond motifs is 4. The molecule has 37 nitrogen and oxygen atoms in total. The van der Waals surface area contributed by atoms with Gasteiger partial charge in [-0.2, -0.15) is 0 Å². The van der Waals surface area contributed by atoms with Crippen LogP contribution in [0.4, 0.5) is 31.7 Å². The van der Waals surface area contributed by atoms with Crippen molar-refractivity contribution >= 4 is 126 Å². The zero-order chi connectivity index (χ0) is 66.8. The summed E-state index contributed by atoms with van der Waals surface area (Å²) in [5.41, 5.74) is 18.3. The van der Waals surface area contributed by atoms with Crippen LogP contribution in [-0.4, -0.2) is 211 Å². The fourth-order valence-electron chi connectivity index (χ4n) is 9.62. The predicted molar refractivity (Wildman–Crippen MR) is 326 cm³/mol. The summed E-state index contributed by atoms with van der Waals surface area (Å²) in [4.78, 5) is 140. The molecule has 0 spiro atoms. The lowest BCUT2D eigenvalue weighted by molar-refractivity contribution is -0.137. The van der Waals surface area contributed by atoms with E-state index in [4.69, 9.17) is 70.8 Å². The number of likely N-dealkylation sites (N-methyl/N-ethyl adjacent to an activating group) is 1. The van der Waals surface area contributed by atoms with Crippen molar-refractivity contribution in [2.24, 2.45) is 27.4 Å². The van der Waals surface area contributed by atoms with Gasteiger partial charge in [0.1, 0.15) is 79.2 Å². The number of imide groups is 1. The zero-order valence-electron chi connectivity index (χ0n) is 49.5. The second-order valence-electron chi connectivity index (χ2n) is 21.0. The van der Waals surface area contributed by atoms with Crippen molar-refractivity contribution < 1.29 is 94.7 Å². The van der Waals surface area contributed by atoms with Crippen LogP contribution in [0.2, 0.25) is 0 Å². The molecule has 12 atom stereocenters. The lowest BCUT2D eigenvalue weighted by atomic mass is 10.0. The molecule has 0 radical (unpaired) electrons. The maximum atomic E-state index is 14.2. The predicted octanol–water partition coefficient (Wildman–Crippen LogP) is 0.318. The molecule has 4 aromatic rings. The van der Waals surface area contributed by atoms with Crippen LogP contribution >= 0.6 is 25.8 Å². The maximum absolute atomic E-state index is 14.2. The van der Waals surface area contributed by atoms with Gasteiger partial charge in [-0.05, 0) is 55.0 Å². The zero-order valence-corrected chi connectivity index (χ0v) is 53.0. The van der Waals surface area contributed by atoms with Crippen molar-refractivity contribution in [2.75, 3.05) is 64.6 Å². The molecule has 4 aliphatic heterocycles. The van der Waals surface area contributed by atoms with Crippen molar-refractivity contribution in [2.45, 2.75) is 101 Å². The first-order valence-electron chi connectivity index (χ1n) is 27.9. The van der Waals surface area contributed by atoms with Crippen molar-refractivity contribution in [3.05, 3.63) is 66.7 Å². The Bertz CT molecular complexity index is 3580. The molecule has 1 aromatic carbocycles. The molecule has 12 N–H and O–H groups in total. The van der Waals surface area contributed by atoms with Crippen LogP contribution in [0.3, 0.4) is 0 Å². The van der Waals surface area contributed by atoms with Crippen LogP contribution in [0.25, 0.3) is 11.2 Å². The summed E-state index contributed by atoms with van der Waals surface area (Å²) in [6, 6.07) is 3.02. The van der Waals surface area contributed by atoms with E-state index in [9.17, 15) is 52.9 Å². The number of carbonyl (C=O) groups excluding carboxylic acids is 8. The summed E-state index contributed by atoms with van der Waals surface area (Å²) in [5.74, 6) is -3.60. The monoisotopic (exact) mass is 1360 g/mol. The van der Waals surface area contributed by atoms with Gasteiger partial charge in [0, 0.05) is 51.4 Å². The van der Waals surface area contributed by atoms with Gasteiger partial charge in [0.25, 0.3) is 11.8 Å². The summed E-state index contributed by atoms with van der Waals surface area (Å²) in [6.45, 7) is -4.76. The third kappa shape index (κ3) is 17.3. The molecule has 2 bridgehead atoms. The number of thiol groups is 1. The number of ether oxygens (including phenoxy) is 5. The minimum absolute atomic E-state index is 0.0230. The number of primary amides is 1. The average Bonchev–Trinajstić information content (AvgIpc) is 1.62. The summed E-state index contributed by atoms with van der Waals surface area (Å²) >= 11 is 9.65. The number of anilines is 2. The second kappa shape index (κ2) is 30.6. The minimum atomic E-state index is -4.59. The quantitative estimate of drug-likeness (QED) is 0.00909. The van der Waals surface area contributed by atoms with Crippen LogP contribution in [0, 0.1) is 5.92 Å². The van der Waals surface area contributed by atoms with Gasteiger partial charge in [0.15, 0.2) is 35.8 Å². The smallest absolute Gasteiger partial charge is 0.445 e. The number of nitrogens with zero attached hydrogens (tertiary/aromatic N) is 10. The molecule has 3 fully saturated rings. The number of carbonyl (C=O) groups is 8. The topological polar surface area (TPSA) is 496 Å². The van der Waals surface area contributed by atoms with E-state index in [2.05, 4.69) is 70.2 Å². The molecule has 7 heterocycles. The Labute approximate surface area is 533 Å². The van der Waals surface area contributed by atoms with Crippen molar-refractivity contribution in [1.29, 1.82) is 0 Å². The molecule has 4 aliphatic rings. The number of nitrogens with one attached hydrogen (secondary N) is 4. The minimum Gasteiger partial charge on any atom is -0.445 e. The lowest BCUT2D eigenvalue weighted by Gasteiger charge is -2.28. The van der Waals surface area contributed by atoms with E-state index in [0.29, 0.717) is 5.56 Å². The first kappa shape index (κ1) is 69.8. The molecule has 0 saturated carbocycles. The average molecular weight is 1360 g/mol. The molecule has 8 amide bonds. The molecule has 3 saturated heterocycles. The number of aliphatic imine (C=N–C) groups is 2. The van der Waals surface area contributed by atoms with E-state index in [1.807, 2.05) is 0 Å². The number of nitrogens with two attached hydrogens (primary N) is 3. The van der Waals surface area contributed by atoms with Gasteiger partial charge in [-0.3, -0.25) is 56.6 Å². The van der Waals surface area contributed by atoms with Gasteiger partial charge in [-0.15, -0.1) is 0 Å². The van der Waals surface area contributed by atoms with Crippen LogP contribution in [0.15, 0.2) is 65.4 Å². The fourth-order valence-corrected chi connectivity index (χ4v) is 12.5. The van der Waals surface area contributed by atoms with Crippen LogP contribution in [0.5, 0.6) is 0 Å². The van der Waals surface area contributed by atoms with Gasteiger partial charge in [0.05, 0.1) is 32.4 Å². The SMILES string of the molecule is C=Nc1c(C(N)=NC)ncn1[C@@H]1O[C@@H]2COP(O)(=S)O[C@H]3[C@@H](OC(=O)OCCN(C)C(=O)OCc4ccc(NC(=O)[C@H](CCCNC(N)=O)NC(=O)[C@@H](NC(=O)CCN5C(=O)C=CC5=O)C(C)C)cc4)[C@H](n4cnc5c(N)ncnc54)O[C@@H]3COP(=O)(S)O[C@@H]1[C@@H]2O. The van der Waals surface area contributed by atoms with Gasteiger partial charge >= 0.3 is 31.8 Å². The van der Waals surface area contributed by atoms with Gasteiger partial charge < -0.3 is 81.6 Å². The summed E-state index contributed by atoms with van der Waals surface area (Å²) in [7, 11) is 2.77. The van der Waals surface area contributed by atoms with Gasteiger partial charge in [-0.1, -0.05) is 38.2 Å². The molecule has 8 rings (SSSR count). The largest absolute Gasteiger partial charge is 0.508 e. The highest BCUT2D eigenvalue weighted by Gasteiger charge is 2.55. The van der Waals surface area contributed by atoms with Crippen LogP contribution in [0.1, 0.15) is 56.8 Å². The van der Waals surface area contributed by atoms with Crippen molar-refractivity contribution in [3.8, 4) is 0 Å². The number of aliphatic hydroxyl groups is 1. The Kier molecular flexibility index (Phi) is 23.2. The Morgan fingerprint density at radius 1 is 0.935 bits per heavy atom. The Balaban J connectivity index is 0.875. The number of benzene rings is 1. The first-order valence-corrected chi connectivity index (χ1v) is 33.2. The third-order valence-electron chi connectivity index (χ3n) is 14.4. The highest BCUT2D eigenvalue weighted by Crippen LogP contribution is 2.59. The Morgan fingerprint density at radius 2 is 1.63 bits per heavy atom. The van der Waals surface area contributed by atoms with Crippen LogP contribution in [-0.2, 0) is 88.7 Å². The molecule has 0 aliphatic carbocycles. The lowest BCUT2D eigenvalue weighted by Crippen LogP contribution is -2.54. The molecular weight excluding hydrogens is 1300 g/mol. The molecular formula is C51H67N17O20P2S2. The molecule has 92 heavy (non-hydrogen) atoms. The number of amides is 8. The maximum Gasteiger partial charge on any atom is 0.508 e. The first-order chi connectivity index (χ1) is 43.7. The highest BCUT2D eigenvalue weighted by molar-refractivity contribution is 8.44. The number of hydrogen-bond donors (Lipinski definition) is 10. The Hall–Kier alpha value is -8.07. The molecule has 3 aromatic heterocycles. The van der Waals surface area contributed by atoms with E-state index in [1.54, 1.807) is 26.0 Å². The van der Waals surface area contributed by atoms with E-state index in [1.165, 1.54) is 48.0 Å². The normalized spacial score (nSPS) is 25.6. The van der Waals surface area contributed by atoms with Crippen molar-refractivity contribution in [3.63, 3.8) is 0 Å². The van der Waals surface area contributed by atoms with Gasteiger partial charge in [-0.25, -0.2) is 43.9 Å². The molecule has 498 valence electrons. The third-order valence-corrected chi connectivity index (χ3v) is 17.5. The number of aromatic nitrogens is 6. The highest BCUT2D eigenvalue weighted by atomic mass is 32.7. The summed E-state index contributed by atoms with van der Waals surface area (Å²) < 4.78 is 69.2. The fraction of sp³-hybridized carbons (Fsp3) is 0.490. The van der Waals surface area contributed by atoms with Crippen molar-refractivity contribution in [1.82, 2.24) is 54.8 Å². The van der Waals surface area contributed by atoms with E-state index in [-0.39, 0.29) is 85.5 Å². The number of rotatable bonds is 23. The van der Waals surface area contributed by atoms with E-state index < -0.39 is 148 Å². The molecule has 41 heteroatoms. The number of nitrogen functional groups attached to an aromatic ring is 1. The number of amidine groups is 1. The summed E-state index contributed by atoms with van der Waals surface area (Å²) in [6.07, 6.45) is -8.72. The number of hydrogen-bond acceptors (Lipinski definition) is 27. The van der Waals surface area contributed by atoms with E-state index >= 15 is 0 Å². The second-order valence-corrected chi connectivity index (χ2v) is 26.7. The summed E-state index contributed by atoms with van der Waals surface area (Å²) in [5, 5.41) is 21.9. The van der Waals surface area contributed by atoms with E-state index in [0.717, 1.165) is 28.3 Å². The molecule has 2 unspecified atom stereocenters. The number of imidazole rings is 2. The number of urea groups is 1. The Morgan fingerprint density at radius 3 is 2.32 bits per heavy atom. The number of aliphatic hydroxyl groups excluding tert-OH is 1. The van der Waals surface area contributed by atoms with Crippen LogP contribution < -0.4 is 38.5 Å². The van der Waals surface area contributed by atoms with Gasteiger partial charge in [0.2, 0.25) is 17.7 Å². The standard InChI is InChI=1S/C51H67N17O20P2S2/c1-25(2)34(64-31(69)14-16-66-32(70)12-13-33(66)71)46(74)63-28(7-6-15-57-49(54)75)45(73)62-27-10-8-26(9-11-27)19-81-50(76)65(5)17-18-80-51(77)86-40-38-30(85-48(40)68-24-61-36-42(53)58-22-59-44(36)68)21-83-90(79,92)88-39-37(72)29(20-82-89(78,91)87-38)84-47(39)67-23-60-35(41(52)55-3)43(67)56-4/h8-13,22-25,28-30,34,37-40,47-48,72H,4,6-7,14-21H2,1-3,5H3,(H2,52,55)(H,62,73)(H,63,74)(H,64,69)(H,78,91)(H,79,92)(H2,53,58,59)(H3,54,57,75)/t28-,29+,30+,34-,37+,38+,39+,40+,47+,48+,89?,90?/m0/s1.